The normalized spacial score (nSPS) is 17.6. The maximum Gasteiger partial charge on any atom is 0.119 e. The quantitative estimate of drug-likeness (QED) is 0.791. The zero-order chi connectivity index (χ0) is 14.4. The van der Waals surface area contributed by atoms with E-state index in [4.69, 9.17) is 4.74 Å². The molecule has 0 bridgehead atoms. The summed E-state index contributed by atoms with van der Waals surface area (Å²) >= 11 is 3.43. The van der Waals surface area contributed by atoms with Gasteiger partial charge in [0.2, 0.25) is 0 Å². The van der Waals surface area contributed by atoms with Gasteiger partial charge >= 0.3 is 0 Å². The van der Waals surface area contributed by atoms with E-state index in [9.17, 15) is 0 Å². The minimum Gasteiger partial charge on any atom is -0.492 e. The highest BCUT2D eigenvalue weighted by molar-refractivity contribution is 9.10. The number of benzene rings is 1. The number of halogens is 1. The maximum atomic E-state index is 5.77. The first-order chi connectivity index (χ1) is 9.63. The Kier molecular flexibility index (Phi) is 6.33. The van der Waals surface area contributed by atoms with Crippen LogP contribution in [0.5, 0.6) is 5.75 Å². The Morgan fingerprint density at radius 1 is 1.25 bits per heavy atom. The van der Waals surface area contributed by atoms with Crippen LogP contribution in [0.3, 0.4) is 0 Å². The van der Waals surface area contributed by atoms with Crippen molar-refractivity contribution in [2.75, 3.05) is 46.9 Å². The molecule has 0 amide bonds. The van der Waals surface area contributed by atoms with Crippen LogP contribution < -0.4 is 4.74 Å². The van der Waals surface area contributed by atoms with Gasteiger partial charge in [-0.3, -0.25) is 0 Å². The molecule has 1 saturated heterocycles. The van der Waals surface area contributed by atoms with Crippen LogP contribution >= 0.6 is 15.9 Å². The monoisotopic (exact) mass is 340 g/mol. The summed E-state index contributed by atoms with van der Waals surface area (Å²) in [7, 11) is 4.41. The molecule has 2 rings (SSSR count). The first-order valence-electron chi connectivity index (χ1n) is 7.39. The summed E-state index contributed by atoms with van der Waals surface area (Å²) in [6.45, 7) is 5.42. The Morgan fingerprint density at radius 2 is 1.90 bits per heavy atom. The van der Waals surface area contributed by atoms with Crippen molar-refractivity contribution in [2.45, 2.75) is 12.8 Å². The molecule has 0 N–H and O–H groups in total. The predicted octanol–water partition coefficient (Wildman–Crippen LogP) is 3.10. The van der Waals surface area contributed by atoms with Crippen LogP contribution in [0.25, 0.3) is 0 Å². The van der Waals surface area contributed by atoms with Crippen LogP contribution in [0.15, 0.2) is 28.7 Å². The molecule has 20 heavy (non-hydrogen) atoms. The Hall–Kier alpha value is -0.580. The van der Waals surface area contributed by atoms with E-state index in [1.165, 1.54) is 32.5 Å². The molecule has 1 fully saturated rings. The third-order valence-electron chi connectivity index (χ3n) is 3.96. The van der Waals surface area contributed by atoms with E-state index in [-0.39, 0.29) is 0 Å². The van der Waals surface area contributed by atoms with Crippen molar-refractivity contribution in [3.8, 4) is 5.75 Å². The van der Waals surface area contributed by atoms with Gasteiger partial charge in [-0.15, -0.1) is 0 Å². The van der Waals surface area contributed by atoms with Crippen molar-refractivity contribution in [3.05, 3.63) is 28.7 Å². The minimum absolute atomic E-state index is 0.755. The van der Waals surface area contributed by atoms with Crippen LogP contribution in [-0.2, 0) is 0 Å². The van der Waals surface area contributed by atoms with Crippen LogP contribution in [-0.4, -0.2) is 56.7 Å². The molecule has 1 aromatic rings. The topological polar surface area (TPSA) is 15.7 Å². The number of likely N-dealkylation sites (tertiary alicyclic amines) is 1. The lowest BCUT2D eigenvalue weighted by Crippen LogP contribution is -2.36. The van der Waals surface area contributed by atoms with Crippen LogP contribution in [0, 0.1) is 5.92 Å². The first kappa shape index (κ1) is 15.8. The molecule has 0 atom stereocenters. The molecule has 4 heteroatoms. The van der Waals surface area contributed by atoms with Crippen molar-refractivity contribution in [1.82, 2.24) is 9.80 Å². The van der Waals surface area contributed by atoms with Crippen LogP contribution in [0.2, 0.25) is 0 Å². The fourth-order valence-corrected chi connectivity index (χ4v) is 2.89. The Morgan fingerprint density at radius 3 is 2.55 bits per heavy atom. The van der Waals surface area contributed by atoms with Gasteiger partial charge in [-0.25, -0.2) is 0 Å². The van der Waals surface area contributed by atoms with Crippen molar-refractivity contribution in [1.29, 1.82) is 0 Å². The second-order valence-electron chi connectivity index (χ2n) is 5.81. The molecule has 0 aliphatic carbocycles. The zero-order valence-corrected chi connectivity index (χ0v) is 14.1. The molecule has 112 valence electrons. The van der Waals surface area contributed by atoms with Gasteiger partial charge in [0.25, 0.3) is 0 Å². The standard InChI is InChI=1S/C16H25BrN2O/c1-18-9-7-14(8-10-18)13-19(2)11-12-20-16-5-3-15(17)4-6-16/h3-6,14H,7-13H2,1-2H3. The van der Waals surface area contributed by atoms with E-state index in [2.05, 4.69) is 39.8 Å². The molecule has 0 saturated carbocycles. The number of likely N-dealkylation sites (N-methyl/N-ethyl adjacent to an activating group) is 1. The average molecular weight is 341 g/mol. The van der Waals surface area contributed by atoms with Crippen molar-refractivity contribution >= 4 is 15.9 Å². The van der Waals surface area contributed by atoms with Gasteiger partial charge in [0.1, 0.15) is 12.4 Å². The highest BCUT2D eigenvalue weighted by Gasteiger charge is 2.17. The van der Waals surface area contributed by atoms with Crippen molar-refractivity contribution < 1.29 is 4.74 Å². The number of piperidine rings is 1. The van der Waals surface area contributed by atoms with Crippen molar-refractivity contribution in [2.24, 2.45) is 5.92 Å². The molecule has 1 heterocycles. The largest absolute Gasteiger partial charge is 0.492 e. The van der Waals surface area contributed by atoms with E-state index >= 15 is 0 Å². The summed E-state index contributed by atoms with van der Waals surface area (Å²) in [5.41, 5.74) is 0. The fraction of sp³-hybridized carbons (Fsp3) is 0.625. The lowest BCUT2D eigenvalue weighted by atomic mass is 9.97. The van der Waals surface area contributed by atoms with Gasteiger partial charge in [0.15, 0.2) is 0 Å². The third-order valence-corrected chi connectivity index (χ3v) is 4.49. The molecule has 3 nitrogen and oxygen atoms in total. The minimum atomic E-state index is 0.755. The maximum absolute atomic E-state index is 5.77. The van der Waals surface area contributed by atoms with Gasteiger partial charge in [-0.2, -0.15) is 0 Å². The zero-order valence-electron chi connectivity index (χ0n) is 12.5. The van der Waals surface area contributed by atoms with E-state index in [0.29, 0.717) is 0 Å². The molecular formula is C16H25BrN2O. The van der Waals surface area contributed by atoms with E-state index in [1.807, 2.05) is 24.3 Å². The molecule has 1 aliphatic heterocycles. The molecule has 0 spiro atoms. The predicted molar refractivity (Wildman–Crippen MR) is 87.4 cm³/mol. The van der Waals surface area contributed by atoms with Crippen LogP contribution in [0.1, 0.15) is 12.8 Å². The second kappa shape index (κ2) is 8.01. The summed E-state index contributed by atoms with van der Waals surface area (Å²) in [6, 6.07) is 8.03. The molecule has 0 unspecified atom stereocenters. The smallest absolute Gasteiger partial charge is 0.119 e. The number of nitrogens with zero attached hydrogens (tertiary/aromatic N) is 2. The van der Waals surface area contributed by atoms with E-state index in [0.717, 1.165) is 29.3 Å². The van der Waals surface area contributed by atoms with Gasteiger partial charge in [0, 0.05) is 17.6 Å². The summed E-state index contributed by atoms with van der Waals surface area (Å²) in [4.78, 5) is 4.82. The van der Waals surface area contributed by atoms with Crippen LogP contribution in [0.4, 0.5) is 0 Å². The number of hydrogen-bond acceptors (Lipinski definition) is 3. The van der Waals surface area contributed by atoms with E-state index < -0.39 is 0 Å². The summed E-state index contributed by atoms with van der Waals surface area (Å²) in [5.74, 6) is 1.80. The molecular weight excluding hydrogens is 316 g/mol. The summed E-state index contributed by atoms with van der Waals surface area (Å²) in [5, 5.41) is 0. The van der Waals surface area contributed by atoms with Crippen molar-refractivity contribution in [3.63, 3.8) is 0 Å². The molecule has 0 radical (unpaired) electrons. The van der Waals surface area contributed by atoms with E-state index in [1.54, 1.807) is 0 Å². The average Bonchev–Trinajstić information content (AvgIpc) is 2.44. The highest BCUT2D eigenvalue weighted by atomic mass is 79.9. The van der Waals surface area contributed by atoms with Gasteiger partial charge in [-0.05, 0) is 70.2 Å². The van der Waals surface area contributed by atoms with Gasteiger partial charge < -0.3 is 14.5 Å². The highest BCUT2D eigenvalue weighted by Crippen LogP contribution is 2.17. The SMILES string of the molecule is CN1CCC(CN(C)CCOc2ccc(Br)cc2)CC1. The summed E-state index contributed by atoms with van der Waals surface area (Å²) < 4.78 is 6.85. The number of ether oxygens (including phenoxy) is 1. The number of hydrogen-bond donors (Lipinski definition) is 0. The molecule has 1 aromatic carbocycles. The lowest BCUT2D eigenvalue weighted by molar-refractivity contribution is 0.162. The second-order valence-corrected chi connectivity index (χ2v) is 6.73. The van der Waals surface area contributed by atoms with Gasteiger partial charge in [-0.1, -0.05) is 15.9 Å². The van der Waals surface area contributed by atoms with Gasteiger partial charge in [0.05, 0.1) is 0 Å². The third kappa shape index (κ3) is 5.43. The molecule has 1 aliphatic rings. The lowest BCUT2D eigenvalue weighted by Gasteiger charge is -2.31. The fourth-order valence-electron chi connectivity index (χ4n) is 2.63. The Labute approximate surface area is 131 Å². The summed E-state index contributed by atoms with van der Waals surface area (Å²) in [6.07, 6.45) is 2.66. The first-order valence-corrected chi connectivity index (χ1v) is 8.18. The Balaban J connectivity index is 1.62. The molecule has 0 aromatic heterocycles. The number of rotatable bonds is 6. The Bertz CT molecular complexity index is 388.